The van der Waals surface area contributed by atoms with Crippen molar-refractivity contribution in [2.75, 3.05) is 18.1 Å². The topological polar surface area (TPSA) is 248 Å². The number of ether oxygens (including phenoxy) is 1. The Hall–Kier alpha value is -3.81. The lowest BCUT2D eigenvalue weighted by Gasteiger charge is -2.11. The molecule has 0 saturated heterocycles. The zero-order chi connectivity index (χ0) is 31.5. The van der Waals surface area contributed by atoms with Crippen molar-refractivity contribution in [1.82, 2.24) is 0 Å². The molecule has 0 unspecified atom stereocenters. The van der Waals surface area contributed by atoms with Gasteiger partial charge in [-0.2, -0.15) is 40.6 Å². The van der Waals surface area contributed by atoms with E-state index in [0.717, 1.165) is 12.1 Å². The third kappa shape index (κ3) is 8.84. The summed E-state index contributed by atoms with van der Waals surface area (Å²) in [6, 6.07) is 8.88. The van der Waals surface area contributed by atoms with E-state index in [0.29, 0.717) is 45.5 Å². The van der Waals surface area contributed by atoms with Crippen molar-refractivity contribution in [1.29, 1.82) is 0 Å². The molecule has 0 aliphatic heterocycles. The summed E-state index contributed by atoms with van der Waals surface area (Å²) in [6.45, 7) is 5.16. The molecule has 0 aliphatic carbocycles. The van der Waals surface area contributed by atoms with Gasteiger partial charge in [-0.15, -0.1) is 5.11 Å². The quantitative estimate of drug-likeness (QED) is 0.0919. The fourth-order valence-corrected chi connectivity index (χ4v) is 5.23. The van der Waals surface area contributed by atoms with Crippen molar-refractivity contribution in [3.63, 3.8) is 0 Å². The van der Waals surface area contributed by atoms with Crippen LogP contribution in [0.5, 0.6) is 5.75 Å². The number of rotatable bonds is 11. The molecule has 3 aromatic rings. The van der Waals surface area contributed by atoms with Gasteiger partial charge in [0, 0.05) is 6.07 Å². The van der Waals surface area contributed by atoms with E-state index in [9.17, 15) is 34.4 Å². The molecule has 0 saturated carbocycles. The Kier molecular flexibility index (Phi) is 9.81. The molecule has 42 heavy (non-hydrogen) atoms. The molecule has 0 atom stereocenters. The summed E-state index contributed by atoms with van der Waals surface area (Å²) in [5, 5.41) is 16.4. The first-order valence-corrected chi connectivity index (χ1v) is 16.4. The zero-order valence-electron chi connectivity index (χ0n) is 22.5. The van der Waals surface area contributed by atoms with Crippen LogP contribution < -0.4 is 10.5 Å². The van der Waals surface area contributed by atoms with E-state index < -0.39 is 45.9 Å². The highest BCUT2D eigenvalue weighted by molar-refractivity contribution is 7.86. The van der Waals surface area contributed by atoms with E-state index in [-0.39, 0.29) is 24.5 Å². The van der Waals surface area contributed by atoms with Gasteiger partial charge in [0.1, 0.15) is 16.3 Å². The average Bonchev–Trinajstić information content (AvgIpc) is 2.86. The van der Waals surface area contributed by atoms with Gasteiger partial charge in [-0.3, -0.25) is 13.7 Å². The molecular formula is C24H27N5O10S3. The molecule has 226 valence electrons. The van der Waals surface area contributed by atoms with Crippen LogP contribution in [0.1, 0.15) is 23.1 Å². The molecule has 0 aliphatic rings. The Morgan fingerprint density at radius 1 is 0.690 bits per heavy atom. The minimum atomic E-state index is -4.91. The number of nitrogen functional groups attached to an aromatic ring is 1. The Bertz CT molecular complexity index is 1910. The first-order chi connectivity index (χ1) is 19.3. The molecule has 0 radical (unpaired) electrons. The second-order valence-electron chi connectivity index (χ2n) is 9.07. The lowest BCUT2D eigenvalue weighted by Crippen LogP contribution is -2.09. The summed E-state index contributed by atoms with van der Waals surface area (Å²) in [5.41, 5.74) is 9.02. The molecule has 3 rings (SSSR count). The Balaban J connectivity index is 1.86. The van der Waals surface area contributed by atoms with Crippen molar-refractivity contribution in [3.05, 3.63) is 59.2 Å². The highest BCUT2D eigenvalue weighted by Gasteiger charge is 2.21. The number of anilines is 1. The van der Waals surface area contributed by atoms with Crippen LogP contribution in [-0.4, -0.2) is 51.3 Å². The second-order valence-corrected chi connectivity index (χ2v) is 13.5. The highest BCUT2D eigenvalue weighted by Crippen LogP contribution is 2.35. The van der Waals surface area contributed by atoms with Gasteiger partial charge < -0.3 is 10.5 Å². The maximum Gasteiger partial charge on any atom is 0.296 e. The van der Waals surface area contributed by atoms with Crippen LogP contribution in [0.2, 0.25) is 0 Å². The van der Waals surface area contributed by atoms with Crippen LogP contribution in [0.4, 0.5) is 28.4 Å². The molecule has 0 spiro atoms. The van der Waals surface area contributed by atoms with E-state index in [2.05, 4.69) is 20.5 Å². The number of azo groups is 2. The number of nitrogens with two attached hydrogens (primary N) is 1. The third-order valence-corrected chi connectivity index (χ3v) is 8.22. The van der Waals surface area contributed by atoms with Crippen molar-refractivity contribution < 1.29 is 43.6 Å². The van der Waals surface area contributed by atoms with E-state index in [1.54, 1.807) is 45.0 Å². The number of nitrogens with zero attached hydrogens (tertiary/aromatic N) is 4. The van der Waals surface area contributed by atoms with Crippen molar-refractivity contribution in [3.8, 4) is 5.75 Å². The van der Waals surface area contributed by atoms with Crippen LogP contribution >= 0.6 is 0 Å². The van der Waals surface area contributed by atoms with Crippen molar-refractivity contribution in [2.24, 2.45) is 20.5 Å². The Morgan fingerprint density at radius 3 is 1.69 bits per heavy atom. The van der Waals surface area contributed by atoms with Crippen molar-refractivity contribution >= 4 is 58.8 Å². The molecule has 5 N–H and O–H groups in total. The van der Waals surface area contributed by atoms with Gasteiger partial charge in [-0.05, 0) is 80.3 Å². The highest BCUT2D eigenvalue weighted by atomic mass is 32.2. The normalized spacial score (nSPS) is 12.8. The van der Waals surface area contributed by atoms with Crippen LogP contribution in [0.15, 0.2) is 72.7 Å². The first kappa shape index (κ1) is 32.7. The number of hydrogen-bond acceptors (Lipinski definition) is 12. The maximum atomic E-state index is 11.8. The third-order valence-electron chi connectivity index (χ3n) is 5.69. The lowest BCUT2D eigenvalue weighted by atomic mass is 10.1. The largest absolute Gasteiger partial charge is 0.491 e. The minimum absolute atomic E-state index is 0.00560. The van der Waals surface area contributed by atoms with Crippen molar-refractivity contribution in [2.45, 2.75) is 37.0 Å². The van der Waals surface area contributed by atoms with Gasteiger partial charge in [0.05, 0.1) is 40.0 Å². The van der Waals surface area contributed by atoms with E-state index in [1.165, 1.54) is 0 Å². The SMILES string of the molecule is Cc1cc(N=Nc2ccc(S(=O)(=O)O)cc2S(=O)(=O)O)c(C)cc1N=Nc1cc(OCCCS(=O)(=O)O)c(N)cc1C. The molecule has 0 fully saturated rings. The van der Waals surface area contributed by atoms with Gasteiger partial charge in [-0.1, -0.05) is 0 Å². The summed E-state index contributed by atoms with van der Waals surface area (Å²) in [5.74, 6) is -0.191. The molecule has 15 nitrogen and oxygen atoms in total. The van der Waals surface area contributed by atoms with E-state index >= 15 is 0 Å². The second kappa shape index (κ2) is 12.6. The molecule has 0 heterocycles. The molecule has 3 aromatic carbocycles. The predicted octanol–water partition coefficient (Wildman–Crippen LogP) is 5.17. The summed E-state index contributed by atoms with van der Waals surface area (Å²) < 4.78 is 101. The van der Waals surface area contributed by atoms with Crippen LogP contribution in [-0.2, 0) is 30.4 Å². The standard InChI is InChI=1S/C24H27N5O10S3/c1-14-9-18(25)23(39-7-4-8-40(30,31)32)13-22(14)29-28-21-11-15(2)20(10-16(21)3)27-26-19-6-5-17(41(33,34)35)12-24(19)42(36,37)38/h5-6,9-13H,4,7-8,25H2,1-3H3,(H,30,31,32)(H,33,34,35)(H,36,37,38). The minimum Gasteiger partial charge on any atom is -0.491 e. The van der Waals surface area contributed by atoms with Crippen LogP contribution in [0.25, 0.3) is 0 Å². The van der Waals surface area contributed by atoms with E-state index in [1.807, 2.05) is 0 Å². The number of benzene rings is 3. The summed E-state index contributed by atoms with van der Waals surface area (Å²) >= 11 is 0. The monoisotopic (exact) mass is 641 g/mol. The first-order valence-electron chi connectivity index (χ1n) is 11.9. The fourth-order valence-electron chi connectivity index (χ4n) is 3.52. The fraction of sp³-hybridized carbons (Fsp3) is 0.250. The lowest BCUT2D eigenvalue weighted by molar-refractivity contribution is 0.318. The van der Waals surface area contributed by atoms with Gasteiger partial charge >= 0.3 is 0 Å². The average molecular weight is 642 g/mol. The Labute approximate surface area is 242 Å². The molecule has 0 bridgehead atoms. The summed E-state index contributed by atoms with van der Waals surface area (Å²) in [4.78, 5) is -1.61. The summed E-state index contributed by atoms with van der Waals surface area (Å²) in [7, 11) is -13.8. The van der Waals surface area contributed by atoms with Gasteiger partial charge in [-0.25, -0.2) is 0 Å². The Morgan fingerprint density at radius 2 is 1.19 bits per heavy atom. The van der Waals surface area contributed by atoms with Crippen LogP contribution in [0, 0.1) is 20.8 Å². The molecule has 0 aromatic heterocycles. The van der Waals surface area contributed by atoms with Gasteiger partial charge in [0.15, 0.2) is 0 Å². The van der Waals surface area contributed by atoms with E-state index in [4.69, 9.17) is 15.0 Å². The molecule has 18 heteroatoms. The van der Waals surface area contributed by atoms with Gasteiger partial charge in [0.2, 0.25) is 0 Å². The predicted molar refractivity (Wildman–Crippen MR) is 152 cm³/mol. The smallest absolute Gasteiger partial charge is 0.296 e. The molecule has 0 amide bonds. The van der Waals surface area contributed by atoms with Crippen LogP contribution in [0.3, 0.4) is 0 Å². The number of hydrogen-bond donors (Lipinski definition) is 4. The number of aryl methyl sites for hydroxylation is 3. The summed E-state index contributed by atoms with van der Waals surface area (Å²) in [6.07, 6.45) is 0.0537. The molecular weight excluding hydrogens is 614 g/mol. The zero-order valence-corrected chi connectivity index (χ0v) is 24.9. The maximum absolute atomic E-state index is 11.8. The van der Waals surface area contributed by atoms with Gasteiger partial charge in [0.25, 0.3) is 30.4 Å².